The van der Waals surface area contributed by atoms with E-state index in [4.69, 9.17) is 0 Å². The van der Waals surface area contributed by atoms with Crippen molar-refractivity contribution in [2.75, 3.05) is 24.3 Å². The third-order valence-corrected chi connectivity index (χ3v) is 5.19. The third-order valence-electron chi connectivity index (χ3n) is 5.19. The molecule has 6 nitrogen and oxygen atoms in total. The van der Waals surface area contributed by atoms with Crippen LogP contribution in [0.1, 0.15) is 48.8 Å². The number of halogens is 4. The van der Waals surface area contributed by atoms with Crippen molar-refractivity contribution in [3.63, 3.8) is 0 Å². The van der Waals surface area contributed by atoms with Crippen molar-refractivity contribution in [1.29, 1.82) is 0 Å². The molecule has 2 N–H and O–H groups in total. The van der Waals surface area contributed by atoms with E-state index in [9.17, 15) is 18.0 Å². The highest BCUT2D eigenvalue weighted by Crippen LogP contribution is 2.24. The smallest absolute Gasteiger partial charge is 0.251 e. The Bertz CT molecular complexity index is 897. The molecule has 0 atom stereocenters. The van der Waals surface area contributed by atoms with Crippen LogP contribution in [-0.4, -0.2) is 42.1 Å². The molecule has 3 rings (SSSR count). The zero-order valence-corrected chi connectivity index (χ0v) is 18.5. The van der Waals surface area contributed by atoms with Gasteiger partial charge in [-0.1, -0.05) is 6.92 Å². The van der Waals surface area contributed by atoms with E-state index in [0.29, 0.717) is 25.0 Å². The Kier molecular flexibility index (Phi) is 8.50. The highest BCUT2D eigenvalue weighted by atomic mass is 35.5. The molecule has 2 aromatic rings. The number of rotatable bonds is 6. The monoisotopic (exact) mass is 457 g/mol. The Hall–Kier alpha value is -2.55. The zero-order chi connectivity index (χ0) is 21.8. The maximum atomic E-state index is 13.4. The van der Waals surface area contributed by atoms with E-state index < -0.39 is 23.4 Å². The Balaban J connectivity index is 0.00000341. The van der Waals surface area contributed by atoms with Gasteiger partial charge in [-0.15, -0.1) is 12.4 Å². The van der Waals surface area contributed by atoms with Crippen LogP contribution in [0.3, 0.4) is 0 Å². The van der Waals surface area contributed by atoms with Gasteiger partial charge in [-0.25, -0.2) is 23.1 Å². The molecular weight excluding hydrogens is 431 g/mol. The SMILES string of the molecule is CCc1nc(NC2CCC(NC(=O)c3cc(F)c(F)c(F)c3)CC2)cc(N(C)C)n1.Cl. The molecule has 1 heterocycles. The normalized spacial score (nSPS) is 18.1. The molecule has 0 bridgehead atoms. The highest BCUT2D eigenvalue weighted by Gasteiger charge is 2.24. The molecule has 31 heavy (non-hydrogen) atoms. The van der Waals surface area contributed by atoms with Crippen LogP contribution >= 0.6 is 12.4 Å². The lowest BCUT2D eigenvalue weighted by atomic mass is 9.91. The summed E-state index contributed by atoms with van der Waals surface area (Å²) in [5, 5.41) is 6.23. The highest BCUT2D eigenvalue weighted by molar-refractivity contribution is 5.94. The number of hydrogen-bond acceptors (Lipinski definition) is 5. The van der Waals surface area contributed by atoms with Crippen LogP contribution < -0.4 is 15.5 Å². The van der Waals surface area contributed by atoms with Crippen LogP contribution in [0.2, 0.25) is 0 Å². The molecule has 0 unspecified atom stereocenters. The largest absolute Gasteiger partial charge is 0.367 e. The van der Waals surface area contributed by atoms with Crippen molar-refractivity contribution < 1.29 is 18.0 Å². The zero-order valence-electron chi connectivity index (χ0n) is 17.7. The number of carbonyl (C=O) groups excluding carboxylic acids is 1. The van der Waals surface area contributed by atoms with Gasteiger partial charge in [0.1, 0.15) is 17.5 Å². The van der Waals surface area contributed by atoms with E-state index in [2.05, 4.69) is 20.6 Å². The number of hydrogen-bond donors (Lipinski definition) is 2. The first-order valence-corrected chi connectivity index (χ1v) is 10.0. The Morgan fingerprint density at radius 2 is 1.61 bits per heavy atom. The van der Waals surface area contributed by atoms with Crippen molar-refractivity contribution in [3.05, 3.63) is 47.0 Å². The number of aromatic nitrogens is 2. The lowest BCUT2D eigenvalue weighted by Gasteiger charge is -2.30. The lowest BCUT2D eigenvalue weighted by Crippen LogP contribution is -2.40. The summed E-state index contributed by atoms with van der Waals surface area (Å²) < 4.78 is 39.8. The predicted octanol–water partition coefficient (Wildman–Crippen LogP) is 4.10. The van der Waals surface area contributed by atoms with Gasteiger partial charge in [-0.3, -0.25) is 4.79 Å². The van der Waals surface area contributed by atoms with Crippen LogP contribution in [0.15, 0.2) is 18.2 Å². The topological polar surface area (TPSA) is 70.2 Å². The van der Waals surface area contributed by atoms with E-state index >= 15 is 0 Å². The first kappa shape index (κ1) is 24.7. The first-order chi connectivity index (χ1) is 14.3. The summed E-state index contributed by atoms with van der Waals surface area (Å²) in [6, 6.07) is 3.42. The molecule has 1 amide bonds. The molecule has 1 fully saturated rings. The Morgan fingerprint density at radius 3 is 2.16 bits per heavy atom. The summed E-state index contributed by atoms with van der Waals surface area (Å²) in [6.45, 7) is 2.01. The Labute approximate surface area is 186 Å². The number of benzene rings is 1. The minimum atomic E-state index is -1.58. The quantitative estimate of drug-likeness (QED) is 0.639. The molecule has 1 aliphatic rings. The Morgan fingerprint density at radius 1 is 1.03 bits per heavy atom. The summed E-state index contributed by atoms with van der Waals surface area (Å²) in [6.07, 6.45) is 3.77. The average molecular weight is 458 g/mol. The first-order valence-electron chi connectivity index (χ1n) is 10.0. The summed E-state index contributed by atoms with van der Waals surface area (Å²) >= 11 is 0. The van der Waals surface area contributed by atoms with Crippen LogP contribution in [-0.2, 0) is 6.42 Å². The van der Waals surface area contributed by atoms with Crippen molar-refractivity contribution in [2.45, 2.75) is 51.1 Å². The molecule has 1 aromatic carbocycles. The third kappa shape index (κ3) is 6.22. The van der Waals surface area contributed by atoms with Crippen LogP contribution in [0, 0.1) is 17.5 Å². The van der Waals surface area contributed by atoms with E-state index in [-0.39, 0.29) is 30.1 Å². The second-order valence-electron chi connectivity index (χ2n) is 7.70. The molecule has 0 saturated heterocycles. The van der Waals surface area contributed by atoms with Crippen LogP contribution in [0.4, 0.5) is 24.8 Å². The summed E-state index contributed by atoms with van der Waals surface area (Å²) in [4.78, 5) is 23.2. The molecule has 1 saturated carbocycles. The fourth-order valence-corrected chi connectivity index (χ4v) is 3.49. The number of aryl methyl sites for hydroxylation is 1. The van der Waals surface area contributed by atoms with E-state index in [1.807, 2.05) is 32.0 Å². The van der Waals surface area contributed by atoms with Gasteiger partial charge in [-0.05, 0) is 37.8 Å². The fraction of sp³-hybridized carbons (Fsp3) is 0.476. The second-order valence-corrected chi connectivity index (χ2v) is 7.70. The van der Waals surface area contributed by atoms with Gasteiger partial charge in [0.05, 0.1) is 0 Å². The molecular formula is C21H27ClF3N5O. The van der Waals surface area contributed by atoms with Gasteiger partial charge in [0, 0.05) is 44.2 Å². The minimum absolute atomic E-state index is 0. The fourth-order valence-electron chi connectivity index (χ4n) is 3.49. The number of nitrogens with one attached hydrogen (secondary N) is 2. The van der Waals surface area contributed by atoms with Gasteiger partial charge >= 0.3 is 0 Å². The minimum Gasteiger partial charge on any atom is -0.367 e. The van der Waals surface area contributed by atoms with Crippen LogP contribution in [0.5, 0.6) is 0 Å². The van der Waals surface area contributed by atoms with Crippen LogP contribution in [0.25, 0.3) is 0 Å². The molecule has 0 spiro atoms. The molecule has 1 aromatic heterocycles. The van der Waals surface area contributed by atoms with Crippen molar-refractivity contribution >= 4 is 29.9 Å². The summed E-state index contributed by atoms with van der Waals surface area (Å²) in [5.41, 5.74) is -0.226. The van der Waals surface area contributed by atoms with Gasteiger partial charge < -0.3 is 15.5 Å². The number of carbonyl (C=O) groups is 1. The summed E-state index contributed by atoms with van der Waals surface area (Å²) in [5.74, 6) is -2.56. The van der Waals surface area contributed by atoms with E-state index in [0.717, 1.165) is 36.7 Å². The second kappa shape index (κ2) is 10.7. The van der Waals surface area contributed by atoms with Crippen molar-refractivity contribution in [1.82, 2.24) is 15.3 Å². The number of amides is 1. The van der Waals surface area contributed by atoms with Gasteiger partial charge in [0.2, 0.25) is 0 Å². The molecule has 1 aliphatic carbocycles. The maximum Gasteiger partial charge on any atom is 0.251 e. The molecule has 0 radical (unpaired) electrons. The van der Waals surface area contributed by atoms with Gasteiger partial charge in [-0.2, -0.15) is 0 Å². The lowest BCUT2D eigenvalue weighted by molar-refractivity contribution is 0.0925. The maximum absolute atomic E-state index is 13.4. The molecule has 10 heteroatoms. The van der Waals surface area contributed by atoms with Gasteiger partial charge in [0.25, 0.3) is 5.91 Å². The predicted molar refractivity (Wildman–Crippen MR) is 116 cm³/mol. The van der Waals surface area contributed by atoms with Gasteiger partial charge in [0.15, 0.2) is 17.5 Å². The standard InChI is InChI=1S/C21H26F3N5O.ClH/c1-4-17-27-18(11-19(28-17)29(2)3)25-13-5-7-14(8-6-13)26-21(30)12-9-15(22)20(24)16(23)10-12;/h9-11,13-14H,4-8H2,1-3H3,(H,26,30)(H,25,27,28);1H. The number of nitrogens with zero attached hydrogens (tertiary/aromatic N) is 3. The summed E-state index contributed by atoms with van der Waals surface area (Å²) in [7, 11) is 3.86. The van der Waals surface area contributed by atoms with E-state index in [1.54, 1.807) is 0 Å². The number of anilines is 2. The van der Waals surface area contributed by atoms with Crippen molar-refractivity contribution in [2.24, 2.45) is 0 Å². The molecule has 0 aliphatic heterocycles. The molecule has 170 valence electrons. The van der Waals surface area contributed by atoms with Crippen molar-refractivity contribution in [3.8, 4) is 0 Å². The van der Waals surface area contributed by atoms with E-state index in [1.165, 1.54) is 0 Å². The average Bonchev–Trinajstić information content (AvgIpc) is 2.72.